The van der Waals surface area contributed by atoms with Gasteiger partial charge in [0.25, 0.3) is 10.0 Å². The third-order valence-electron chi connectivity index (χ3n) is 6.05. The van der Waals surface area contributed by atoms with Crippen molar-refractivity contribution in [3.05, 3.63) is 53.6 Å². The Hall–Kier alpha value is -3.01. The third kappa shape index (κ3) is 5.63. The number of hydrogen-bond acceptors (Lipinski definition) is 6. The first-order valence-corrected chi connectivity index (χ1v) is 13.1. The van der Waals surface area contributed by atoms with E-state index in [9.17, 15) is 22.4 Å². The van der Waals surface area contributed by atoms with Crippen LogP contribution in [0.1, 0.15) is 44.9 Å². The fourth-order valence-corrected chi connectivity index (χ4v) is 5.83. The minimum Gasteiger partial charge on any atom is -0.465 e. The average molecular weight is 504 g/mol. The number of sulfonamides is 1. The number of rotatable bonds is 6. The quantitative estimate of drug-likeness (QED) is 0.562. The molecule has 0 bridgehead atoms. The molecule has 0 saturated carbocycles. The molecular formula is C25H30FN3O5S. The zero-order chi connectivity index (χ0) is 25.4. The standard InChI is InChI=1S/C25H30FN3O5S/c1-25(2,3)16-34-24(31)12-17-11-22-21(27-14-17)13-19(28-10-4-5-23(28)30)15-29(22)35(32,33)20-8-6-18(26)7-9-20/h6-9,11,14,19H,4-5,10,12-13,15-16H2,1-3H3. The molecule has 2 aromatic rings. The number of pyridine rings is 1. The van der Waals surface area contributed by atoms with Crippen LogP contribution in [-0.2, 0) is 37.2 Å². The number of amides is 1. The highest BCUT2D eigenvalue weighted by atomic mass is 32.2. The smallest absolute Gasteiger partial charge is 0.310 e. The summed E-state index contributed by atoms with van der Waals surface area (Å²) < 4.78 is 47.3. The third-order valence-corrected chi connectivity index (χ3v) is 7.84. The first-order chi connectivity index (χ1) is 16.4. The largest absolute Gasteiger partial charge is 0.465 e. The number of benzene rings is 1. The summed E-state index contributed by atoms with van der Waals surface area (Å²) in [6, 6.07) is 5.91. The first kappa shape index (κ1) is 25.1. The normalized spacial score (nSPS) is 18.5. The Morgan fingerprint density at radius 2 is 1.94 bits per heavy atom. The van der Waals surface area contributed by atoms with Crippen LogP contribution in [0, 0.1) is 11.2 Å². The van der Waals surface area contributed by atoms with E-state index in [1.165, 1.54) is 16.4 Å². The molecular weight excluding hydrogens is 473 g/mol. The lowest BCUT2D eigenvalue weighted by molar-refractivity contribution is -0.145. The van der Waals surface area contributed by atoms with E-state index in [1.54, 1.807) is 17.2 Å². The Labute approximate surface area is 205 Å². The molecule has 4 rings (SSSR count). The number of fused-ring (bicyclic) bond motifs is 1. The molecule has 1 aromatic carbocycles. The van der Waals surface area contributed by atoms with Gasteiger partial charge >= 0.3 is 5.97 Å². The van der Waals surface area contributed by atoms with Gasteiger partial charge in [0.2, 0.25) is 5.91 Å². The zero-order valence-electron chi connectivity index (χ0n) is 20.2. The summed E-state index contributed by atoms with van der Waals surface area (Å²) >= 11 is 0. The maximum atomic E-state index is 13.6. The second kappa shape index (κ2) is 9.56. The molecule has 1 atom stereocenters. The molecule has 3 heterocycles. The maximum Gasteiger partial charge on any atom is 0.310 e. The number of hydrogen-bond donors (Lipinski definition) is 0. The molecule has 1 aromatic heterocycles. The summed E-state index contributed by atoms with van der Waals surface area (Å²) in [5.41, 5.74) is 1.24. The minimum atomic E-state index is -4.07. The van der Waals surface area contributed by atoms with Crippen molar-refractivity contribution < 1.29 is 27.1 Å². The van der Waals surface area contributed by atoms with Crippen LogP contribution in [0.5, 0.6) is 0 Å². The van der Waals surface area contributed by atoms with Crippen LogP contribution in [0.15, 0.2) is 41.4 Å². The van der Waals surface area contributed by atoms with E-state index in [0.29, 0.717) is 36.3 Å². The van der Waals surface area contributed by atoms with Crippen LogP contribution >= 0.6 is 0 Å². The SMILES string of the molecule is CC(C)(C)COC(=O)Cc1cnc2c(c1)N(S(=O)(=O)c1ccc(F)cc1)CC(N1CCCC1=O)C2. The van der Waals surface area contributed by atoms with Gasteiger partial charge in [-0.25, -0.2) is 12.8 Å². The lowest BCUT2D eigenvalue weighted by Gasteiger charge is -2.38. The predicted octanol–water partition coefficient (Wildman–Crippen LogP) is 3.09. The predicted molar refractivity (Wildman–Crippen MR) is 128 cm³/mol. The number of carbonyl (C=O) groups excluding carboxylic acids is 2. The highest BCUT2D eigenvalue weighted by Crippen LogP contribution is 2.34. The summed E-state index contributed by atoms with van der Waals surface area (Å²) in [7, 11) is -4.07. The molecule has 10 heteroatoms. The van der Waals surface area contributed by atoms with Gasteiger partial charge in [-0.2, -0.15) is 0 Å². The Bertz CT molecular complexity index is 1220. The molecule has 0 spiro atoms. The van der Waals surface area contributed by atoms with Crippen LogP contribution in [-0.4, -0.2) is 55.9 Å². The van der Waals surface area contributed by atoms with Crippen molar-refractivity contribution in [1.82, 2.24) is 9.88 Å². The van der Waals surface area contributed by atoms with Gasteiger partial charge in [-0.1, -0.05) is 20.8 Å². The van der Waals surface area contributed by atoms with Gasteiger partial charge in [0.05, 0.1) is 41.9 Å². The van der Waals surface area contributed by atoms with E-state index in [0.717, 1.165) is 18.6 Å². The number of anilines is 1. The second-order valence-electron chi connectivity index (χ2n) is 10.2. The number of ether oxygens (including phenoxy) is 1. The summed E-state index contributed by atoms with van der Waals surface area (Å²) in [5, 5.41) is 0. The number of halogens is 1. The number of aromatic nitrogens is 1. The average Bonchev–Trinajstić information content (AvgIpc) is 3.22. The molecule has 35 heavy (non-hydrogen) atoms. The van der Waals surface area contributed by atoms with Gasteiger partial charge in [-0.05, 0) is 47.7 Å². The Kier molecular flexibility index (Phi) is 6.86. The zero-order valence-corrected chi connectivity index (χ0v) is 21.0. The van der Waals surface area contributed by atoms with Crippen molar-refractivity contribution in [2.75, 3.05) is 24.0 Å². The Morgan fingerprint density at radius 1 is 1.23 bits per heavy atom. The lowest BCUT2D eigenvalue weighted by atomic mass is 9.99. The summed E-state index contributed by atoms with van der Waals surface area (Å²) in [5.74, 6) is -0.969. The topological polar surface area (TPSA) is 96.9 Å². The van der Waals surface area contributed by atoms with E-state index in [1.807, 2.05) is 20.8 Å². The molecule has 1 fully saturated rings. The van der Waals surface area contributed by atoms with Crippen molar-refractivity contribution in [2.24, 2.45) is 5.41 Å². The summed E-state index contributed by atoms with van der Waals surface area (Å²) in [4.78, 5) is 30.9. The molecule has 8 nitrogen and oxygen atoms in total. The van der Waals surface area contributed by atoms with Crippen molar-refractivity contribution >= 4 is 27.6 Å². The van der Waals surface area contributed by atoms with Crippen molar-refractivity contribution in [3.63, 3.8) is 0 Å². The van der Waals surface area contributed by atoms with Gasteiger partial charge < -0.3 is 9.64 Å². The molecule has 188 valence electrons. The number of nitrogens with zero attached hydrogens (tertiary/aromatic N) is 3. The summed E-state index contributed by atoms with van der Waals surface area (Å²) in [6.45, 7) is 6.77. The van der Waals surface area contributed by atoms with E-state index < -0.39 is 21.8 Å². The molecule has 1 saturated heterocycles. The van der Waals surface area contributed by atoms with Crippen LogP contribution in [0.4, 0.5) is 10.1 Å². The van der Waals surface area contributed by atoms with Gasteiger partial charge in [0, 0.05) is 25.6 Å². The lowest BCUT2D eigenvalue weighted by Crippen LogP contribution is -2.51. The molecule has 0 N–H and O–H groups in total. The minimum absolute atomic E-state index is 0.00389. The van der Waals surface area contributed by atoms with E-state index in [2.05, 4.69) is 4.98 Å². The van der Waals surface area contributed by atoms with E-state index >= 15 is 0 Å². The summed E-state index contributed by atoms with van der Waals surface area (Å²) in [6.07, 6.45) is 3.08. The van der Waals surface area contributed by atoms with Crippen molar-refractivity contribution in [3.8, 4) is 0 Å². The fourth-order valence-electron chi connectivity index (χ4n) is 4.31. The van der Waals surface area contributed by atoms with Gasteiger partial charge in [0.15, 0.2) is 0 Å². The molecule has 2 aliphatic heterocycles. The van der Waals surface area contributed by atoms with Crippen LogP contribution in [0.2, 0.25) is 0 Å². The van der Waals surface area contributed by atoms with Gasteiger partial charge in [0.1, 0.15) is 5.82 Å². The number of carbonyl (C=O) groups is 2. The maximum absolute atomic E-state index is 13.6. The number of likely N-dealkylation sites (tertiary alicyclic amines) is 1. The highest BCUT2D eigenvalue weighted by molar-refractivity contribution is 7.92. The monoisotopic (exact) mass is 503 g/mol. The Balaban J connectivity index is 1.67. The van der Waals surface area contributed by atoms with Crippen LogP contribution in [0.25, 0.3) is 0 Å². The Morgan fingerprint density at radius 3 is 2.57 bits per heavy atom. The molecule has 0 radical (unpaired) electrons. The van der Waals surface area contributed by atoms with Crippen molar-refractivity contribution in [2.45, 2.75) is 57.4 Å². The van der Waals surface area contributed by atoms with E-state index in [-0.39, 0.29) is 41.8 Å². The number of esters is 1. The van der Waals surface area contributed by atoms with E-state index in [4.69, 9.17) is 4.74 Å². The van der Waals surface area contributed by atoms with Crippen LogP contribution < -0.4 is 4.31 Å². The molecule has 2 aliphatic rings. The molecule has 1 amide bonds. The van der Waals surface area contributed by atoms with Gasteiger partial charge in [-0.15, -0.1) is 0 Å². The van der Waals surface area contributed by atoms with Gasteiger partial charge in [-0.3, -0.25) is 18.9 Å². The molecule has 1 unspecified atom stereocenters. The second-order valence-corrected chi connectivity index (χ2v) is 12.1. The highest BCUT2D eigenvalue weighted by Gasteiger charge is 2.39. The van der Waals surface area contributed by atoms with Crippen molar-refractivity contribution in [1.29, 1.82) is 0 Å². The molecule has 0 aliphatic carbocycles. The van der Waals surface area contributed by atoms with Crippen LogP contribution in [0.3, 0.4) is 0 Å². The first-order valence-electron chi connectivity index (χ1n) is 11.7. The fraction of sp³-hybridized carbons (Fsp3) is 0.480.